The van der Waals surface area contributed by atoms with Crippen LogP contribution in [0.3, 0.4) is 0 Å². The van der Waals surface area contributed by atoms with Crippen molar-refractivity contribution in [2.24, 2.45) is 0 Å². The number of hydrogen-bond donors (Lipinski definition) is 2. The van der Waals surface area contributed by atoms with E-state index < -0.39 is 0 Å². The average molecular weight is 263 g/mol. The molecular formula is C12H24N4O2. The fourth-order valence-corrected chi connectivity index (χ4v) is 2.10. The van der Waals surface area contributed by atoms with Gasteiger partial charge in [-0.15, -0.1) is 0 Å². The van der Waals surface area contributed by atoms with Crippen molar-refractivity contribution in [3.05, 3.63) is 0 Å². The van der Waals surface area contributed by atoms with Crippen LogP contribution in [0.1, 0.15) is 13.3 Å². The number of nitrogens with one attached hydrogen (secondary N) is 2. The smallest absolute Gasteiger partial charge is 0.238 e. The van der Waals surface area contributed by atoms with Crippen LogP contribution in [0.5, 0.6) is 0 Å². The minimum Gasteiger partial charge on any atom is -0.359 e. The number of rotatable bonds is 4. The fourth-order valence-electron chi connectivity index (χ4n) is 2.10. The first kappa shape index (κ1) is 14.9. The van der Waals surface area contributed by atoms with E-state index in [0.717, 1.165) is 13.1 Å². The third kappa shape index (κ3) is 3.96. The van der Waals surface area contributed by atoms with Gasteiger partial charge in [-0.25, -0.2) is 0 Å². The van der Waals surface area contributed by atoms with Crippen molar-refractivity contribution in [1.29, 1.82) is 0 Å². The van der Waals surface area contributed by atoms with Crippen LogP contribution >= 0.6 is 0 Å². The van der Waals surface area contributed by atoms with Crippen molar-refractivity contribution in [2.75, 3.05) is 40.8 Å². The lowest BCUT2D eigenvalue weighted by atomic mass is 10.2. The van der Waals surface area contributed by atoms with Crippen LogP contribution in [0.25, 0.3) is 0 Å². The predicted octanol–water partition coefficient (Wildman–Crippen LogP) is -1.13. The molecule has 0 saturated carbocycles. The highest BCUT2D eigenvalue weighted by Crippen LogP contribution is 2.11. The Bertz CT molecular complexity index is 308. The van der Waals surface area contributed by atoms with Crippen LogP contribution in [0.2, 0.25) is 0 Å². The van der Waals surface area contributed by atoms with Crippen LogP contribution in [0.4, 0.5) is 0 Å². The molecule has 18 heavy (non-hydrogen) atoms. The Balaban J connectivity index is 2.39. The zero-order chi connectivity index (χ0) is 13.7. The molecule has 1 saturated heterocycles. The van der Waals surface area contributed by atoms with Gasteiger partial charge in [-0.2, -0.15) is 0 Å². The standard InChI is InChI=1S/C12H24N4O2/c1-9-7-16(4)10(8-15(9)3)12(18)14-6-5-11(17)13-2/h9-10H,5-8H2,1-4H3,(H,13,17)(H,14,18)/i2+1,5+1,11+1,13+1,14+1,15+1,16+1. The van der Waals surface area contributed by atoms with Gasteiger partial charge in [0.05, 0.1) is 0 Å². The third-order valence-electron chi connectivity index (χ3n) is 3.53. The number of amides is 2. The molecule has 2 atom stereocenters. The zero-order valence-electron chi connectivity index (χ0n) is 11.7. The second-order valence-electron chi connectivity index (χ2n) is 4.96. The Morgan fingerprint density at radius 2 is 1.89 bits per heavy atom. The number of likely N-dealkylation sites (N-methyl/N-ethyl adjacent to an activating group) is 2. The summed E-state index contributed by atoms with van der Waals surface area (Å²) in [6, 6.07) is 0.334. The van der Waals surface area contributed by atoms with Gasteiger partial charge in [0.1, 0.15) is 6.04 Å². The number of nitrogens with zero attached hydrogens (tertiary/aromatic N) is 2. The molecule has 1 heterocycles. The van der Waals surface area contributed by atoms with Crippen LogP contribution in [0.15, 0.2) is 0 Å². The molecule has 0 spiro atoms. The molecule has 1 fully saturated rings. The highest BCUT2D eigenvalue weighted by molar-refractivity contribution is 5.83. The highest BCUT2D eigenvalue weighted by atomic mass is 16.3. The average Bonchev–Trinajstić information content (AvgIpc) is 2.33. The van der Waals surface area contributed by atoms with Gasteiger partial charge in [-0.3, -0.25) is 14.5 Å². The van der Waals surface area contributed by atoms with Crippen LogP contribution < -0.4 is 10.6 Å². The van der Waals surface area contributed by atoms with Gasteiger partial charge in [-0.05, 0) is 21.0 Å². The minimum absolute atomic E-state index is 0.000142. The maximum atomic E-state index is 12.0. The first-order valence-corrected chi connectivity index (χ1v) is 6.34. The summed E-state index contributed by atoms with van der Waals surface area (Å²) in [5, 5.41) is 5.35. The first-order chi connectivity index (χ1) is 8.45. The highest BCUT2D eigenvalue weighted by Gasteiger charge is 2.31. The number of piperazine rings is 1. The lowest BCUT2D eigenvalue weighted by molar-refractivity contribution is -0.128. The first-order valence-electron chi connectivity index (χ1n) is 6.34. The van der Waals surface area contributed by atoms with Gasteiger partial charge in [0.15, 0.2) is 0 Å². The van der Waals surface area contributed by atoms with Crippen LogP contribution in [-0.2, 0) is 9.59 Å². The molecule has 0 aromatic rings. The van der Waals surface area contributed by atoms with E-state index in [1.54, 1.807) is 7.05 Å². The summed E-state index contributed by atoms with van der Waals surface area (Å²) in [6.07, 6.45) is 0.324. The van der Waals surface area contributed by atoms with Crippen molar-refractivity contribution in [3.8, 4) is 0 Å². The van der Waals surface area contributed by atoms with E-state index in [9.17, 15) is 9.59 Å². The van der Waals surface area contributed by atoms with E-state index in [1.807, 2.05) is 14.1 Å². The molecule has 104 valence electrons. The number of carbonyl (C=O) groups excluding carboxylic acids is 2. The summed E-state index contributed by atoms with van der Waals surface area (Å²) >= 11 is 0. The summed E-state index contributed by atoms with van der Waals surface area (Å²) in [5.74, 6) is -0.0572. The Hall–Kier alpha value is -1.14. The summed E-state index contributed by atoms with van der Waals surface area (Å²) in [6.45, 7) is 4.14. The van der Waals surface area contributed by atoms with Crippen molar-refractivity contribution < 1.29 is 9.59 Å². The molecule has 2 N–H and O–H groups in total. The van der Waals surface area contributed by atoms with Gasteiger partial charge in [0.25, 0.3) is 0 Å². The second kappa shape index (κ2) is 6.70. The Morgan fingerprint density at radius 3 is 2.50 bits per heavy atom. The molecule has 1 aliphatic heterocycles. The van der Waals surface area contributed by atoms with Crippen LogP contribution in [-0.4, -0.2) is 74.5 Å². The van der Waals surface area contributed by atoms with Gasteiger partial charge < -0.3 is 15.5 Å². The van der Waals surface area contributed by atoms with E-state index in [2.05, 4.69) is 27.4 Å². The quantitative estimate of drug-likeness (QED) is 0.498. The summed E-state index contributed by atoms with van der Waals surface area (Å²) in [5.41, 5.74) is 0. The molecule has 0 aliphatic carbocycles. The van der Waals surface area contributed by atoms with E-state index in [1.165, 1.54) is 0 Å². The van der Waals surface area contributed by atoms with Crippen molar-refractivity contribution in [2.45, 2.75) is 25.4 Å². The fraction of sp³-hybridized carbons (Fsp3) is 0.833. The summed E-state index contributed by atoms with van der Waals surface area (Å²) < 4.78 is 0. The van der Waals surface area contributed by atoms with Crippen LogP contribution in [0, 0.1) is 0 Å². The number of carbonyl (C=O) groups is 2. The van der Waals surface area contributed by atoms with Gasteiger partial charge >= 0.3 is 0 Å². The monoisotopic (exact) mass is 263 g/mol. The predicted molar refractivity (Wildman–Crippen MR) is 70.2 cm³/mol. The van der Waals surface area contributed by atoms with E-state index in [4.69, 9.17) is 0 Å². The van der Waals surface area contributed by atoms with Crippen molar-refractivity contribution in [3.63, 3.8) is 0 Å². The SMILES string of the molecule is CC1C[15N](C)C(C(=O)[15NH]C[13CH2][13C](=O)[15NH][13CH3])C[15N]1C. The maximum Gasteiger partial charge on any atom is 0.238 e. The molecule has 6 heteroatoms. The molecule has 2 unspecified atom stereocenters. The molecule has 0 aromatic carbocycles. The Kier molecular flexibility index (Phi) is 5.55. The Morgan fingerprint density at radius 1 is 1.22 bits per heavy atom. The third-order valence-corrected chi connectivity index (χ3v) is 3.53. The van der Waals surface area contributed by atoms with E-state index >= 15 is 0 Å². The molecule has 6 nitrogen and oxygen atoms in total. The second-order valence-corrected chi connectivity index (χ2v) is 4.96. The van der Waals surface area contributed by atoms with Crippen molar-refractivity contribution in [1.82, 2.24) is 20.4 Å². The van der Waals surface area contributed by atoms with Gasteiger partial charge in [-0.1, -0.05) is 0 Å². The van der Waals surface area contributed by atoms with Crippen molar-refractivity contribution >= 4 is 11.8 Å². The normalized spacial score (nSPS) is 25.8. The summed E-state index contributed by atoms with van der Waals surface area (Å²) in [7, 11) is 5.59. The molecule has 1 aliphatic rings. The van der Waals surface area contributed by atoms with Gasteiger partial charge in [0, 0.05) is 39.1 Å². The molecule has 2 amide bonds. The maximum absolute atomic E-state index is 12.0. The Labute approximate surface area is 109 Å². The molecule has 0 bridgehead atoms. The minimum atomic E-state index is -0.129. The topological polar surface area (TPSA) is 64.7 Å². The zero-order valence-corrected chi connectivity index (χ0v) is 11.7. The summed E-state index contributed by atoms with van der Waals surface area (Å²) in [4.78, 5) is 27.3. The van der Waals surface area contributed by atoms with E-state index in [0.29, 0.717) is 19.0 Å². The van der Waals surface area contributed by atoms with Gasteiger partial charge in [0.2, 0.25) is 11.8 Å². The lowest BCUT2D eigenvalue weighted by Gasteiger charge is -2.41. The molecular weight excluding hydrogens is 239 g/mol. The molecule has 1 rings (SSSR count). The lowest BCUT2D eigenvalue weighted by Crippen LogP contribution is -2.59. The van der Waals surface area contributed by atoms with E-state index in [-0.39, 0.29) is 17.9 Å². The number of hydrogen-bond acceptors (Lipinski definition) is 4. The molecule has 0 radical (unpaired) electrons. The largest absolute Gasteiger partial charge is 0.359 e. The molecule has 0 aromatic heterocycles.